The molecule has 0 atom stereocenters. The van der Waals surface area contributed by atoms with E-state index in [1.165, 1.54) is 128 Å². The maximum atomic E-state index is 4.99. The Labute approximate surface area is 220 Å². The Balaban J connectivity index is 0.000000197. The predicted octanol–water partition coefficient (Wildman–Crippen LogP) is 9.59. The molecule has 4 aliphatic carbocycles. The van der Waals surface area contributed by atoms with Crippen LogP contribution in [-0.2, 0) is 8.85 Å². The lowest BCUT2D eigenvalue weighted by Crippen LogP contribution is -2.02. The monoisotopic (exact) mass is 500 g/mol. The minimum absolute atomic E-state index is 0.589. The van der Waals surface area contributed by atoms with Crippen molar-refractivity contribution in [2.75, 3.05) is 13.2 Å². The van der Waals surface area contributed by atoms with Gasteiger partial charge in [0.1, 0.15) is 0 Å². The molecule has 0 saturated carbocycles. The Hall–Kier alpha value is -0.903. The van der Waals surface area contributed by atoms with Crippen LogP contribution in [0, 0.1) is 0 Å². The zero-order valence-corrected chi connectivity index (χ0v) is 24.8. The summed E-state index contributed by atoms with van der Waals surface area (Å²) in [6, 6.07) is 0. The van der Waals surface area contributed by atoms with Crippen LogP contribution in [0.15, 0.2) is 46.6 Å². The topological polar surface area (TPSA) is 18.5 Å². The summed E-state index contributed by atoms with van der Waals surface area (Å²) in [4.78, 5) is 0. The lowest BCUT2D eigenvalue weighted by Gasteiger charge is -2.09. The van der Waals surface area contributed by atoms with Crippen molar-refractivity contribution in [1.82, 2.24) is 0 Å². The summed E-state index contributed by atoms with van der Waals surface area (Å²) in [7, 11) is -0.589. The molecule has 0 fully saturated rings. The summed E-state index contributed by atoms with van der Waals surface area (Å²) in [5.41, 5.74) is 6.79. The van der Waals surface area contributed by atoms with E-state index in [2.05, 4.69) is 24.3 Å². The molecule has 0 N–H and O–H groups in total. The molecule has 0 aliphatic heterocycles. The van der Waals surface area contributed by atoms with Gasteiger partial charge in [-0.25, -0.2) is 0 Å². The lowest BCUT2D eigenvalue weighted by molar-refractivity contribution is 0.240. The second-order valence-electron chi connectivity index (χ2n) is 10.4. The smallest absolute Gasteiger partial charge is 0.304 e. The third-order valence-electron chi connectivity index (χ3n) is 7.56. The van der Waals surface area contributed by atoms with Gasteiger partial charge in [0.25, 0.3) is 0 Å². The van der Waals surface area contributed by atoms with Crippen LogP contribution in [0.5, 0.6) is 0 Å². The van der Waals surface area contributed by atoms with E-state index >= 15 is 0 Å². The SMILES string of the molecule is C1=C(C2=CCCCCC2)CCCCC1.C1=C(C2=CCCCCC2)CCCCC1.CCO[SiH2]OCC. The van der Waals surface area contributed by atoms with Gasteiger partial charge < -0.3 is 8.85 Å². The highest BCUT2D eigenvalue weighted by Crippen LogP contribution is 2.30. The van der Waals surface area contributed by atoms with E-state index in [1.807, 2.05) is 13.8 Å². The van der Waals surface area contributed by atoms with Crippen LogP contribution >= 0.6 is 0 Å². The van der Waals surface area contributed by atoms with Gasteiger partial charge in [-0.3, -0.25) is 0 Å². The van der Waals surface area contributed by atoms with Crippen LogP contribution in [0.4, 0.5) is 0 Å². The average molecular weight is 501 g/mol. The largest absolute Gasteiger partial charge is 0.399 e. The number of hydrogen-bond donors (Lipinski definition) is 0. The Morgan fingerprint density at radius 1 is 0.457 bits per heavy atom. The molecule has 0 heterocycles. The van der Waals surface area contributed by atoms with Crippen LogP contribution in [0.25, 0.3) is 0 Å². The molecule has 200 valence electrons. The molecule has 35 heavy (non-hydrogen) atoms. The van der Waals surface area contributed by atoms with Crippen LogP contribution in [0.3, 0.4) is 0 Å². The summed E-state index contributed by atoms with van der Waals surface area (Å²) < 4.78 is 9.98. The third-order valence-corrected chi connectivity index (χ3v) is 8.71. The van der Waals surface area contributed by atoms with E-state index in [0.29, 0.717) is 0 Å². The maximum absolute atomic E-state index is 4.99. The third kappa shape index (κ3) is 14.4. The molecule has 0 radical (unpaired) electrons. The minimum atomic E-state index is -0.589. The van der Waals surface area contributed by atoms with Gasteiger partial charge >= 0.3 is 10.0 Å². The summed E-state index contributed by atoms with van der Waals surface area (Å²) in [6.07, 6.45) is 37.9. The first-order valence-corrected chi connectivity index (χ1v) is 16.4. The molecule has 4 rings (SSSR count). The minimum Gasteiger partial charge on any atom is -0.399 e. The highest BCUT2D eigenvalue weighted by atomic mass is 28.3. The molecule has 0 amide bonds. The van der Waals surface area contributed by atoms with E-state index in [0.717, 1.165) is 13.2 Å². The number of hydrogen-bond acceptors (Lipinski definition) is 2. The molecule has 4 aliphatic rings. The van der Waals surface area contributed by atoms with Gasteiger partial charge in [-0.05, 0) is 139 Å². The number of rotatable bonds is 6. The lowest BCUT2D eigenvalue weighted by atomic mass is 9.97. The van der Waals surface area contributed by atoms with Crippen LogP contribution in [-0.4, -0.2) is 23.2 Å². The fourth-order valence-corrected chi connectivity index (χ4v) is 5.90. The standard InChI is InChI=1S/2C14H22.C4H12O2Si/c2*1-2-6-10-13(9-5-1)14-11-7-3-4-8-12-14;1-3-5-7-6-4-2/h2*9,11H,1-8,10,12H2;3-4,7H2,1-2H3. The average Bonchev–Trinajstić information content (AvgIpc) is 3.49. The maximum Gasteiger partial charge on any atom is 0.304 e. The van der Waals surface area contributed by atoms with E-state index in [4.69, 9.17) is 8.85 Å². The van der Waals surface area contributed by atoms with Crippen molar-refractivity contribution in [3.63, 3.8) is 0 Å². The van der Waals surface area contributed by atoms with Crippen molar-refractivity contribution in [2.24, 2.45) is 0 Å². The summed E-state index contributed by atoms with van der Waals surface area (Å²) in [6.45, 7) is 5.55. The fourth-order valence-electron chi connectivity index (χ4n) is 5.45. The molecule has 0 bridgehead atoms. The molecule has 0 aromatic rings. The first kappa shape index (κ1) is 30.3. The Kier molecular flexibility index (Phi) is 18.4. The van der Waals surface area contributed by atoms with Gasteiger partial charge in [-0.2, -0.15) is 0 Å². The molecular formula is C32H56O2Si. The summed E-state index contributed by atoms with van der Waals surface area (Å²) in [5, 5.41) is 0. The molecule has 0 aromatic heterocycles. The van der Waals surface area contributed by atoms with Crippen molar-refractivity contribution < 1.29 is 8.85 Å². The van der Waals surface area contributed by atoms with Gasteiger partial charge in [0.2, 0.25) is 0 Å². The van der Waals surface area contributed by atoms with Crippen molar-refractivity contribution in [3.05, 3.63) is 46.6 Å². The summed E-state index contributed by atoms with van der Waals surface area (Å²) in [5.74, 6) is 0. The van der Waals surface area contributed by atoms with Crippen LogP contribution in [0.2, 0.25) is 0 Å². The molecule has 0 unspecified atom stereocenters. The van der Waals surface area contributed by atoms with Crippen molar-refractivity contribution >= 4 is 10.0 Å². The molecule has 0 aromatic carbocycles. The van der Waals surface area contributed by atoms with Gasteiger partial charge in [0.15, 0.2) is 0 Å². The first-order chi connectivity index (χ1) is 17.3. The molecule has 0 saturated heterocycles. The Bertz CT molecular complexity index is 550. The van der Waals surface area contributed by atoms with Crippen LogP contribution < -0.4 is 0 Å². The van der Waals surface area contributed by atoms with Gasteiger partial charge in [0, 0.05) is 13.2 Å². The van der Waals surface area contributed by atoms with Crippen molar-refractivity contribution in [2.45, 2.75) is 142 Å². The van der Waals surface area contributed by atoms with E-state index in [9.17, 15) is 0 Å². The normalized spacial score (nSPS) is 21.5. The zero-order valence-electron chi connectivity index (χ0n) is 23.4. The molecule has 2 nitrogen and oxygen atoms in total. The van der Waals surface area contributed by atoms with Gasteiger partial charge in [0.05, 0.1) is 0 Å². The van der Waals surface area contributed by atoms with E-state index < -0.39 is 10.0 Å². The second-order valence-corrected chi connectivity index (χ2v) is 11.5. The highest BCUT2D eigenvalue weighted by molar-refractivity contribution is 6.17. The second kappa shape index (κ2) is 21.2. The van der Waals surface area contributed by atoms with Gasteiger partial charge in [-0.1, -0.05) is 50.0 Å². The predicted molar refractivity (Wildman–Crippen MR) is 156 cm³/mol. The Morgan fingerprint density at radius 2 is 0.743 bits per heavy atom. The van der Waals surface area contributed by atoms with Crippen LogP contribution in [0.1, 0.15) is 142 Å². The Morgan fingerprint density at radius 3 is 1.00 bits per heavy atom. The zero-order chi connectivity index (χ0) is 24.8. The number of allylic oxidation sites excluding steroid dienone is 8. The van der Waals surface area contributed by atoms with Gasteiger partial charge in [-0.15, -0.1) is 0 Å². The van der Waals surface area contributed by atoms with E-state index in [-0.39, 0.29) is 0 Å². The first-order valence-electron chi connectivity index (χ1n) is 15.3. The summed E-state index contributed by atoms with van der Waals surface area (Å²) >= 11 is 0. The fraction of sp³-hybridized carbons (Fsp3) is 0.750. The quantitative estimate of drug-likeness (QED) is 0.267. The highest BCUT2D eigenvalue weighted by Gasteiger charge is 2.10. The molecule has 3 heteroatoms. The molecule has 0 spiro atoms. The van der Waals surface area contributed by atoms with E-state index in [1.54, 1.807) is 22.3 Å². The molecular weight excluding hydrogens is 444 g/mol. The van der Waals surface area contributed by atoms with Crippen molar-refractivity contribution in [1.29, 1.82) is 0 Å². The van der Waals surface area contributed by atoms with Crippen molar-refractivity contribution in [3.8, 4) is 0 Å².